The molecule has 8 N–H and O–H groups in total. The van der Waals surface area contributed by atoms with Crippen LogP contribution in [0, 0.1) is 6.61 Å². The minimum Gasteiger partial charge on any atom is -0.394 e. The molecule has 7 atom stereocenters. The molecule has 1 aromatic heterocycles. The van der Waals surface area contributed by atoms with Crippen molar-refractivity contribution in [3.8, 4) is 0 Å². The first kappa shape index (κ1) is 21.7. The number of aliphatic hydroxyl groups excluding tert-OH is 5. The van der Waals surface area contributed by atoms with Crippen molar-refractivity contribution in [1.82, 2.24) is 9.55 Å². The van der Waals surface area contributed by atoms with Crippen LogP contribution in [0.5, 0.6) is 0 Å². The summed E-state index contributed by atoms with van der Waals surface area (Å²) in [5.74, 6) is 0.0537. The van der Waals surface area contributed by atoms with Gasteiger partial charge in [-0.25, -0.2) is 4.79 Å². The van der Waals surface area contributed by atoms with Gasteiger partial charge in [-0.3, -0.25) is 4.57 Å². The van der Waals surface area contributed by atoms with Gasteiger partial charge in [-0.2, -0.15) is 4.98 Å². The molecule has 1 radical (unpaired) electrons. The van der Waals surface area contributed by atoms with Crippen molar-refractivity contribution in [2.24, 2.45) is 0 Å². The van der Waals surface area contributed by atoms with Crippen molar-refractivity contribution < 1.29 is 40.1 Å². The topological polar surface area (TPSA) is 201 Å². The Kier molecular flexibility index (Phi) is 6.88. The highest BCUT2D eigenvalue weighted by Gasteiger charge is 2.44. The Labute approximate surface area is 154 Å². The zero-order chi connectivity index (χ0) is 20.4. The molecule has 12 nitrogen and oxygen atoms in total. The van der Waals surface area contributed by atoms with Crippen LogP contribution in [0.1, 0.15) is 13.2 Å². The zero-order valence-corrected chi connectivity index (χ0v) is 14.5. The molecule has 2 saturated heterocycles. The monoisotopic (exact) mass is 390 g/mol. The van der Waals surface area contributed by atoms with Crippen LogP contribution in [0.4, 0.5) is 5.82 Å². The highest BCUT2D eigenvalue weighted by Crippen LogP contribution is 2.28. The zero-order valence-electron chi connectivity index (χ0n) is 14.5. The molecule has 2 aliphatic heterocycles. The van der Waals surface area contributed by atoms with Crippen molar-refractivity contribution in [3.05, 3.63) is 29.4 Å². The van der Waals surface area contributed by atoms with E-state index >= 15 is 0 Å². The van der Waals surface area contributed by atoms with E-state index in [2.05, 4.69) is 4.98 Å². The molecule has 27 heavy (non-hydrogen) atoms. The molecule has 0 aromatic carbocycles. The molecule has 0 aliphatic carbocycles. The molecule has 153 valence electrons. The molecule has 0 bridgehead atoms. The Balaban J connectivity index is 0.000000223. The summed E-state index contributed by atoms with van der Waals surface area (Å²) in [6.07, 6.45) is -4.98. The highest BCUT2D eigenvalue weighted by atomic mass is 16.6. The van der Waals surface area contributed by atoms with Crippen LogP contribution < -0.4 is 11.4 Å². The first-order chi connectivity index (χ1) is 12.6. The minimum atomic E-state index is -1.33. The number of hydrogen-bond donors (Lipinski definition) is 7. The van der Waals surface area contributed by atoms with Gasteiger partial charge in [0.15, 0.2) is 6.23 Å². The molecular formula is C15H24N3O9. The van der Waals surface area contributed by atoms with E-state index in [-0.39, 0.29) is 12.4 Å². The maximum absolute atomic E-state index is 11.5. The van der Waals surface area contributed by atoms with E-state index in [1.807, 2.05) is 0 Å². The smallest absolute Gasteiger partial charge is 0.351 e. The summed E-state index contributed by atoms with van der Waals surface area (Å²) in [5, 5.41) is 55.1. The number of nitrogen functional groups attached to an aromatic ring is 1. The fraction of sp³-hybridized carbons (Fsp3) is 0.667. The second kappa shape index (κ2) is 8.58. The van der Waals surface area contributed by atoms with E-state index in [1.165, 1.54) is 19.2 Å². The van der Waals surface area contributed by atoms with Gasteiger partial charge in [-0.05, 0) is 13.0 Å². The molecule has 2 fully saturated rings. The van der Waals surface area contributed by atoms with Crippen LogP contribution in [0.25, 0.3) is 0 Å². The molecule has 1 aromatic rings. The molecular weight excluding hydrogens is 366 g/mol. The molecule has 0 spiro atoms. The second-order valence-corrected chi connectivity index (χ2v) is 6.42. The van der Waals surface area contributed by atoms with E-state index in [4.69, 9.17) is 30.5 Å². The Morgan fingerprint density at radius 2 is 1.85 bits per heavy atom. The summed E-state index contributed by atoms with van der Waals surface area (Å²) in [6, 6.07) is 1.37. The van der Waals surface area contributed by atoms with Gasteiger partial charge in [0.25, 0.3) is 0 Å². The van der Waals surface area contributed by atoms with Crippen LogP contribution in [0.3, 0.4) is 0 Å². The summed E-state index contributed by atoms with van der Waals surface area (Å²) >= 11 is 0. The van der Waals surface area contributed by atoms with E-state index in [1.54, 1.807) is 0 Å². The predicted octanol–water partition coefficient (Wildman–Crippen LogP) is -3.91. The summed E-state index contributed by atoms with van der Waals surface area (Å²) in [4.78, 5) is 15.0. The summed E-state index contributed by atoms with van der Waals surface area (Å²) < 4.78 is 10.9. The molecule has 3 rings (SSSR count). The van der Waals surface area contributed by atoms with Crippen molar-refractivity contribution >= 4 is 5.82 Å². The number of hydrogen-bond acceptors (Lipinski definition) is 11. The summed E-state index contributed by atoms with van der Waals surface area (Å²) in [6.45, 7) is 1.82. The fourth-order valence-electron chi connectivity index (χ4n) is 2.62. The third kappa shape index (κ3) is 4.62. The quantitative estimate of drug-likeness (QED) is 0.266. The second-order valence-electron chi connectivity index (χ2n) is 6.42. The van der Waals surface area contributed by atoms with Gasteiger partial charge >= 0.3 is 5.69 Å². The maximum Gasteiger partial charge on any atom is 0.351 e. The van der Waals surface area contributed by atoms with Crippen LogP contribution in [-0.4, -0.2) is 89.5 Å². The first-order valence-electron chi connectivity index (χ1n) is 8.10. The van der Waals surface area contributed by atoms with E-state index in [0.29, 0.717) is 0 Å². The van der Waals surface area contributed by atoms with E-state index in [0.717, 1.165) is 11.2 Å². The van der Waals surface area contributed by atoms with E-state index in [9.17, 15) is 20.1 Å². The Hall–Kier alpha value is -1.64. The lowest BCUT2D eigenvalue weighted by molar-refractivity contribution is -0.0549. The Bertz CT molecular complexity index is 683. The minimum absolute atomic E-state index is 0.0537. The molecule has 2 unspecified atom stereocenters. The molecule has 12 heteroatoms. The van der Waals surface area contributed by atoms with Crippen molar-refractivity contribution in [3.63, 3.8) is 0 Å². The first-order valence-corrected chi connectivity index (χ1v) is 8.10. The van der Waals surface area contributed by atoms with Gasteiger partial charge in [0.1, 0.15) is 48.5 Å². The summed E-state index contributed by atoms with van der Waals surface area (Å²) in [7, 11) is 0. The van der Waals surface area contributed by atoms with Gasteiger partial charge in [0.2, 0.25) is 0 Å². The Morgan fingerprint density at radius 1 is 1.22 bits per heavy atom. The number of nitrogens with zero attached hydrogens (tertiary/aromatic N) is 2. The highest BCUT2D eigenvalue weighted by molar-refractivity contribution is 5.23. The van der Waals surface area contributed by atoms with Gasteiger partial charge in [-0.15, -0.1) is 0 Å². The third-order valence-corrected chi connectivity index (χ3v) is 4.26. The van der Waals surface area contributed by atoms with Gasteiger partial charge in [0, 0.05) is 6.20 Å². The molecule has 0 saturated carbocycles. The number of aromatic nitrogens is 2. The summed E-state index contributed by atoms with van der Waals surface area (Å²) in [5.41, 5.74) is 3.30. The number of ether oxygens (including phenoxy) is 2. The van der Waals surface area contributed by atoms with Crippen LogP contribution in [0.15, 0.2) is 17.1 Å². The lowest BCUT2D eigenvalue weighted by atomic mass is 10.00. The number of nitrogens with two attached hydrogens (primary N) is 1. The SMILES string of the molecule is C[C@]1(O)[CH]O[C@H](CO)[C@H]1O.Nc1ccn([C@@H]2O[C@H](CO)C(O)C2O)c(=O)n1. The molecule has 0 amide bonds. The maximum atomic E-state index is 11.5. The average molecular weight is 390 g/mol. The van der Waals surface area contributed by atoms with Crippen molar-refractivity contribution in [2.75, 3.05) is 18.9 Å². The number of rotatable bonds is 3. The predicted molar refractivity (Wildman–Crippen MR) is 88.8 cm³/mol. The van der Waals surface area contributed by atoms with Crippen LogP contribution in [-0.2, 0) is 9.47 Å². The fourth-order valence-corrected chi connectivity index (χ4v) is 2.62. The van der Waals surface area contributed by atoms with Gasteiger partial charge < -0.3 is 45.8 Å². The average Bonchev–Trinajstić information content (AvgIpc) is 3.05. The number of anilines is 1. The normalized spacial score (nSPS) is 38.5. The van der Waals surface area contributed by atoms with Crippen LogP contribution in [0.2, 0.25) is 0 Å². The van der Waals surface area contributed by atoms with Crippen LogP contribution >= 0.6 is 0 Å². The van der Waals surface area contributed by atoms with Gasteiger partial charge in [-0.1, -0.05) is 0 Å². The van der Waals surface area contributed by atoms with E-state index < -0.39 is 54.6 Å². The largest absolute Gasteiger partial charge is 0.394 e. The standard InChI is InChI=1S/C9H13N3O5.C6H11O4/c10-5-1-2-12(9(16)11-5)8-7(15)6(14)4(3-13)17-8;1-6(9)3-10-4(2-7)5(6)8/h1-2,4,6-8,13-15H,3H2,(H2,10,11,16);3-5,7-9H,2H2,1H3/t4-,6?,7?,8-;4-,5-,6+/m11/s1. The molecule has 2 aliphatic rings. The number of aliphatic hydroxyl groups is 6. The van der Waals surface area contributed by atoms with Crippen molar-refractivity contribution in [2.45, 2.75) is 49.3 Å². The molecule has 3 heterocycles. The lowest BCUT2D eigenvalue weighted by Crippen LogP contribution is -2.40. The third-order valence-electron chi connectivity index (χ3n) is 4.26. The lowest BCUT2D eigenvalue weighted by Gasteiger charge is -2.19. The van der Waals surface area contributed by atoms with Crippen molar-refractivity contribution in [1.29, 1.82) is 0 Å². The van der Waals surface area contributed by atoms with Gasteiger partial charge in [0.05, 0.1) is 13.2 Å². The Morgan fingerprint density at radius 3 is 2.26 bits per heavy atom.